The molecule has 2 unspecified atom stereocenters. The quantitative estimate of drug-likeness (QED) is 0.230. The molecule has 6 nitrogen and oxygen atoms in total. The molecule has 0 rings (SSSR count). The number of hydrogen-bond donors (Lipinski definition) is 1. The number of hydrogen-bond acceptors (Lipinski definition) is 6. The highest BCUT2D eigenvalue weighted by atomic mass is 127. The summed E-state index contributed by atoms with van der Waals surface area (Å²) in [6.07, 6.45) is 0.467. The molecule has 0 aromatic carbocycles. The molecule has 20 heavy (non-hydrogen) atoms. The van der Waals surface area contributed by atoms with Gasteiger partial charge >= 0.3 is 13.0 Å². The number of nitrogens with zero attached hydrogens (tertiary/aromatic N) is 2. The lowest BCUT2D eigenvalue weighted by molar-refractivity contribution is -0.153. The van der Waals surface area contributed by atoms with E-state index in [0.717, 1.165) is 0 Å². The molecule has 0 saturated carbocycles. The number of carbonyl (C=O) groups excluding carboxylic acids is 2. The van der Waals surface area contributed by atoms with Crippen LogP contribution in [0.15, 0.2) is 0 Å². The third-order valence-electron chi connectivity index (χ3n) is 3.32. The fraction of sp³-hybridized carbons (Fsp3) is 0.750. The van der Waals surface area contributed by atoms with Gasteiger partial charge in [-0.2, -0.15) is 5.26 Å². The molecule has 0 saturated heterocycles. The van der Waals surface area contributed by atoms with E-state index in [1.54, 1.807) is 0 Å². The van der Waals surface area contributed by atoms with Crippen LogP contribution in [0.2, 0.25) is 5.82 Å². The van der Waals surface area contributed by atoms with Gasteiger partial charge in [0.2, 0.25) is 3.79 Å². The van der Waals surface area contributed by atoms with Crippen molar-refractivity contribution in [3.8, 4) is 6.07 Å². The van der Waals surface area contributed by atoms with Crippen LogP contribution in [0, 0.1) is 17.2 Å². The van der Waals surface area contributed by atoms with Crippen molar-refractivity contribution in [2.75, 3.05) is 14.2 Å². The zero-order valence-corrected chi connectivity index (χ0v) is 14.5. The normalized spacial score (nSPS) is 15.4. The molecule has 0 aliphatic heterocycles. The summed E-state index contributed by atoms with van der Waals surface area (Å²) >= 11 is 1.49. The van der Waals surface area contributed by atoms with Crippen molar-refractivity contribution in [3.05, 3.63) is 0 Å². The predicted molar refractivity (Wildman–Crippen MR) is 84.0 cm³/mol. The summed E-state index contributed by atoms with van der Waals surface area (Å²) in [5, 5.41) is 19.5. The number of likely N-dealkylation sites (N-methyl/N-ethyl adjacent to an activating group) is 1. The highest BCUT2D eigenvalue weighted by Gasteiger charge is 2.50. The van der Waals surface area contributed by atoms with Gasteiger partial charge < -0.3 is 9.76 Å². The topological polar surface area (TPSA) is 90.6 Å². The summed E-state index contributed by atoms with van der Waals surface area (Å²) in [5.41, 5.74) is -1.62. The largest absolute Gasteiger partial charge is 0.467 e. The molecular formula is C12H20BIN2O4. The van der Waals surface area contributed by atoms with Crippen LogP contribution in [-0.2, 0) is 14.3 Å². The van der Waals surface area contributed by atoms with Gasteiger partial charge in [-0.05, 0) is 26.3 Å². The molecule has 0 heterocycles. The molecule has 8 heteroatoms. The fourth-order valence-electron chi connectivity index (χ4n) is 1.85. The SMILES string of the molecule is COC(=O)C(C)(C(=O)I)N(C)B(O)C(C#N)CC(C)C. The summed E-state index contributed by atoms with van der Waals surface area (Å²) in [6.45, 7) is 5.24. The number of carbonyl (C=O) groups is 2. The minimum absolute atomic E-state index is 0.211. The number of nitriles is 1. The van der Waals surface area contributed by atoms with Crippen LogP contribution in [0.5, 0.6) is 0 Å². The Balaban J connectivity index is 5.37. The monoisotopic (exact) mass is 394 g/mol. The molecule has 0 aliphatic rings. The molecule has 0 bridgehead atoms. The van der Waals surface area contributed by atoms with Crippen molar-refractivity contribution >= 4 is 39.4 Å². The molecule has 0 fully saturated rings. The molecule has 0 radical (unpaired) electrons. The molecule has 112 valence electrons. The molecule has 1 N–H and O–H groups in total. The average molecular weight is 394 g/mol. The minimum atomic E-state index is -1.62. The van der Waals surface area contributed by atoms with E-state index in [1.165, 1.54) is 48.5 Å². The number of methoxy groups -OCH3 is 1. The Hall–Kier alpha value is -0.655. The van der Waals surface area contributed by atoms with Gasteiger partial charge in [-0.3, -0.25) is 9.61 Å². The smallest absolute Gasteiger partial charge is 0.398 e. The maximum absolute atomic E-state index is 11.9. The van der Waals surface area contributed by atoms with E-state index >= 15 is 0 Å². The molecule has 0 aromatic heterocycles. The van der Waals surface area contributed by atoms with Crippen molar-refractivity contribution in [1.82, 2.24) is 4.81 Å². The maximum atomic E-state index is 11.9. The minimum Gasteiger partial charge on any atom is -0.467 e. The third-order valence-corrected chi connectivity index (χ3v) is 4.37. The number of rotatable bonds is 7. The Morgan fingerprint density at radius 2 is 2.05 bits per heavy atom. The van der Waals surface area contributed by atoms with Crippen molar-refractivity contribution in [1.29, 1.82) is 5.26 Å². The number of halogens is 1. The van der Waals surface area contributed by atoms with Crippen molar-refractivity contribution in [3.63, 3.8) is 0 Å². The fourth-order valence-corrected chi connectivity index (χ4v) is 2.45. The van der Waals surface area contributed by atoms with Gasteiger partial charge in [0, 0.05) is 22.6 Å². The summed E-state index contributed by atoms with van der Waals surface area (Å²) < 4.78 is 4.16. The number of ether oxygens (including phenoxy) is 1. The van der Waals surface area contributed by atoms with Crippen LogP contribution < -0.4 is 0 Å². The van der Waals surface area contributed by atoms with E-state index in [-0.39, 0.29) is 5.92 Å². The highest BCUT2D eigenvalue weighted by Crippen LogP contribution is 2.27. The van der Waals surface area contributed by atoms with Crippen LogP contribution in [0.4, 0.5) is 0 Å². The second-order valence-corrected chi connectivity index (χ2v) is 6.21. The van der Waals surface area contributed by atoms with E-state index in [1.807, 2.05) is 19.9 Å². The molecule has 0 amide bonds. The highest BCUT2D eigenvalue weighted by molar-refractivity contribution is 14.1. The first-order valence-electron chi connectivity index (χ1n) is 6.21. The van der Waals surface area contributed by atoms with Gasteiger partial charge in [0.1, 0.15) is 0 Å². The van der Waals surface area contributed by atoms with E-state index in [4.69, 9.17) is 5.26 Å². The van der Waals surface area contributed by atoms with Gasteiger partial charge in [0.25, 0.3) is 0 Å². The predicted octanol–water partition coefficient (Wildman–Crippen LogP) is 1.23. The zero-order chi connectivity index (χ0) is 16.1. The Morgan fingerprint density at radius 1 is 1.55 bits per heavy atom. The van der Waals surface area contributed by atoms with Gasteiger partial charge in [0.15, 0.2) is 5.54 Å². The maximum Gasteiger partial charge on any atom is 0.398 e. The van der Waals surface area contributed by atoms with Crippen LogP contribution in [-0.4, -0.2) is 46.3 Å². The van der Waals surface area contributed by atoms with E-state index < -0.39 is 28.2 Å². The van der Waals surface area contributed by atoms with Gasteiger partial charge in [-0.1, -0.05) is 13.8 Å². The second-order valence-electron chi connectivity index (χ2n) is 5.23. The lowest BCUT2D eigenvalue weighted by Crippen LogP contribution is -2.61. The molecule has 0 aliphatic carbocycles. The Labute approximate surface area is 133 Å². The summed E-state index contributed by atoms with van der Waals surface area (Å²) in [7, 11) is 1.38. The summed E-state index contributed by atoms with van der Waals surface area (Å²) in [5.74, 6) is -1.25. The van der Waals surface area contributed by atoms with Gasteiger partial charge in [-0.25, -0.2) is 4.79 Å². The average Bonchev–Trinajstić information content (AvgIpc) is 2.40. The van der Waals surface area contributed by atoms with E-state index in [0.29, 0.717) is 6.42 Å². The molecule has 2 atom stereocenters. The Morgan fingerprint density at radius 3 is 2.35 bits per heavy atom. The van der Waals surface area contributed by atoms with Crippen LogP contribution in [0.25, 0.3) is 0 Å². The van der Waals surface area contributed by atoms with Gasteiger partial charge in [-0.15, -0.1) is 0 Å². The lowest BCUT2D eigenvalue weighted by atomic mass is 9.61. The van der Waals surface area contributed by atoms with Crippen LogP contribution in [0.3, 0.4) is 0 Å². The zero-order valence-electron chi connectivity index (χ0n) is 12.4. The van der Waals surface area contributed by atoms with E-state index in [2.05, 4.69) is 4.74 Å². The first-order valence-corrected chi connectivity index (χ1v) is 7.29. The molecule has 0 aromatic rings. The van der Waals surface area contributed by atoms with Crippen molar-refractivity contribution in [2.24, 2.45) is 5.92 Å². The van der Waals surface area contributed by atoms with Gasteiger partial charge in [0.05, 0.1) is 19.0 Å². The Bertz CT molecular complexity index is 413. The Kier molecular flexibility index (Phi) is 7.69. The standard InChI is InChI=1S/C12H20BIN2O4/c1-8(2)6-9(7-15)13(19)16(4)12(3,10(14)17)11(18)20-5/h8-9,19H,6H2,1-5H3. The number of esters is 1. The lowest BCUT2D eigenvalue weighted by Gasteiger charge is -2.36. The third kappa shape index (κ3) is 4.17. The first kappa shape index (κ1) is 19.3. The van der Waals surface area contributed by atoms with Crippen LogP contribution in [0.1, 0.15) is 27.2 Å². The van der Waals surface area contributed by atoms with Crippen molar-refractivity contribution in [2.45, 2.75) is 38.5 Å². The summed E-state index contributed by atoms with van der Waals surface area (Å²) in [4.78, 5) is 24.9. The van der Waals surface area contributed by atoms with Crippen molar-refractivity contribution < 1.29 is 19.3 Å². The molecular weight excluding hydrogens is 374 g/mol. The summed E-state index contributed by atoms with van der Waals surface area (Å²) in [6, 6.07) is 2.02. The van der Waals surface area contributed by atoms with E-state index in [9.17, 15) is 14.6 Å². The first-order chi connectivity index (χ1) is 9.12. The van der Waals surface area contributed by atoms with Crippen LogP contribution >= 0.6 is 22.6 Å². The second kappa shape index (κ2) is 7.95. The molecule has 0 spiro atoms.